The zero-order valence-electron chi connectivity index (χ0n) is 12.0. The molecule has 2 rings (SSSR count). The van der Waals surface area contributed by atoms with Gasteiger partial charge in [-0.3, -0.25) is 0 Å². The predicted molar refractivity (Wildman–Crippen MR) is 82.3 cm³/mol. The van der Waals surface area contributed by atoms with Crippen LogP contribution in [0, 0.1) is 0 Å². The Kier molecular flexibility index (Phi) is 5.67. The minimum Gasteiger partial charge on any atom is -0.383 e. The summed E-state index contributed by atoms with van der Waals surface area (Å²) in [6, 6.07) is 9.64. The van der Waals surface area contributed by atoms with E-state index in [0.29, 0.717) is 12.6 Å². The van der Waals surface area contributed by atoms with Crippen LogP contribution in [0.4, 0.5) is 5.69 Å². The summed E-state index contributed by atoms with van der Waals surface area (Å²) in [5, 5.41) is 7.21. The lowest BCUT2D eigenvalue weighted by Gasteiger charge is -2.18. The van der Waals surface area contributed by atoms with Gasteiger partial charge in [-0.05, 0) is 50.4 Å². The molecule has 3 heteroatoms. The number of anilines is 1. The van der Waals surface area contributed by atoms with Crippen LogP contribution in [-0.4, -0.2) is 18.6 Å². The third-order valence-corrected chi connectivity index (χ3v) is 3.94. The molecule has 0 spiro atoms. The zero-order chi connectivity index (χ0) is 13.5. The Morgan fingerprint density at radius 1 is 1.32 bits per heavy atom. The van der Waals surface area contributed by atoms with E-state index < -0.39 is 0 Å². The van der Waals surface area contributed by atoms with Gasteiger partial charge in [0.1, 0.15) is 0 Å². The molecular weight excluding hydrogens is 234 g/mol. The lowest BCUT2D eigenvalue weighted by atomic mass is 10.1. The lowest BCUT2D eigenvalue weighted by Crippen LogP contribution is -2.30. The first-order valence-corrected chi connectivity index (χ1v) is 7.57. The molecule has 4 N–H and O–H groups in total. The fourth-order valence-electron chi connectivity index (χ4n) is 2.78. The molecule has 3 nitrogen and oxygen atoms in total. The van der Waals surface area contributed by atoms with Crippen LogP contribution in [-0.2, 0) is 6.54 Å². The van der Waals surface area contributed by atoms with E-state index in [9.17, 15) is 0 Å². The van der Waals surface area contributed by atoms with Crippen LogP contribution < -0.4 is 16.4 Å². The maximum atomic E-state index is 5.66. The van der Waals surface area contributed by atoms with Crippen LogP contribution in [0.2, 0.25) is 0 Å². The lowest BCUT2D eigenvalue weighted by molar-refractivity contribution is 0.503. The largest absolute Gasteiger partial charge is 0.383 e. The van der Waals surface area contributed by atoms with Crippen molar-refractivity contribution >= 4 is 5.69 Å². The van der Waals surface area contributed by atoms with Crippen molar-refractivity contribution in [1.29, 1.82) is 0 Å². The van der Waals surface area contributed by atoms with Gasteiger partial charge in [0.05, 0.1) is 0 Å². The Hall–Kier alpha value is -1.06. The van der Waals surface area contributed by atoms with Gasteiger partial charge in [-0.15, -0.1) is 0 Å². The topological polar surface area (TPSA) is 50.1 Å². The van der Waals surface area contributed by atoms with Gasteiger partial charge in [-0.25, -0.2) is 0 Å². The minimum absolute atomic E-state index is 0.488. The van der Waals surface area contributed by atoms with Crippen LogP contribution in [0.5, 0.6) is 0 Å². The van der Waals surface area contributed by atoms with Crippen molar-refractivity contribution < 1.29 is 0 Å². The molecule has 0 saturated heterocycles. The SMILES string of the molecule is CC(CCNC1CCCC1)Nc1cccc(CN)c1. The minimum atomic E-state index is 0.488. The molecule has 0 bridgehead atoms. The van der Waals surface area contributed by atoms with Crippen LogP contribution in [0.3, 0.4) is 0 Å². The summed E-state index contributed by atoms with van der Waals surface area (Å²) in [4.78, 5) is 0. The molecule has 1 aliphatic rings. The number of hydrogen-bond donors (Lipinski definition) is 3. The van der Waals surface area contributed by atoms with Crippen molar-refractivity contribution in [3.05, 3.63) is 29.8 Å². The highest BCUT2D eigenvalue weighted by Crippen LogP contribution is 2.17. The Morgan fingerprint density at radius 2 is 2.11 bits per heavy atom. The van der Waals surface area contributed by atoms with Gasteiger partial charge in [-0.1, -0.05) is 25.0 Å². The van der Waals surface area contributed by atoms with E-state index >= 15 is 0 Å². The van der Waals surface area contributed by atoms with Gasteiger partial charge < -0.3 is 16.4 Å². The Morgan fingerprint density at radius 3 is 2.84 bits per heavy atom. The molecule has 0 radical (unpaired) electrons. The molecule has 1 saturated carbocycles. The van der Waals surface area contributed by atoms with Gasteiger partial charge in [0.2, 0.25) is 0 Å². The van der Waals surface area contributed by atoms with Crippen LogP contribution in [0.15, 0.2) is 24.3 Å². The fourth-order valence-corrected chi connectivity index (χ4v) is 2.78. The molecule has 106 valence electrons. The Balaban J connectivity index is 1.69. The molecular formula is C16H27N3. The average molecular weight is 261 g/mol. The zero-order valence-corrected chi connectivity index (χ0v) is 12.0. The highest BCUT2D eigenvalue weighted by atomic mass is 14.9. The Bertz CT molecular complexity index is 372. The number of rotatable bonds is 7. The normalized spacial score (nSPS) is 17.6. The molecule has 0 aromatic heterocycles. The smallest absolute Gasteiger partial charge is 0.0345 e. The monoisotopic (exact) mass is 261 g/mol. The van der Waals surface area contributed by atoms with Crippen LogP contribution >= 0.6 is 0 Å². The number of nitrogens with one attached hydrogen (secondary N) is 2. The van der Waals surface area contributed by atoms with Crippen LogP contribution in [0.25, 0.3) is 0 Å². The maximum absolute atomic E-state index is 5.66. The predicted octanol–water partition coefficient (Wildman–Crippen LogP) is 2.87. The molecule has 1 aliphatic carbocycles. The molecule has 19 heavy (non-hydrogen) atoms. The number of hydrogen-bond acceptors (Lipinski definition) is 3. The third kappa shape index (κ3) is 4.84. The van der Waals surface area contributed by atoms with E-state index in [1.54, 1.807) is 0 Å². The van der Waals surface area contributed by atoms with Gasteiger partial charge >= 0.3 is 0 Å². The molecule has 1 unspecified atom stereocenters. The highest BCUT2D eigenvalue weighted by Gasteiger charge is 2.13. The van der Waals surface area contributed by atoms with Crippen molar-refractivity contribution in [2.75, 3.05) is 11.9 Å². The summed E-state index contributed by atoms with van der Waals surface area (Å²) in [5.41, 5.74) is 8.02. The highest BCUT2D eigenvalue weighted by molar-refractivity contribution is 5.46. The van der Waals surface area contributed by atoms with E-state index in [-0.39, 0.29) is 0 Å². The van der Waals surface area contributed by atoms with Crippen molar-refractivity contribution in [3.63, 3.8) is 0 Å². The van der Waals surface area contributed by atoms with Crippen LogP contribution in [0.1, 0.15) is 44.6 Å². The van der Waals surface area contributed by atoms with E-state index in [0.717, 1.165) is 19.0 Å². The average Bonchev–Trinajstić information content (AvgIpc) is 2.92. The standard InChI is InChI=1S/C16H27N3/c1-13(9-10-18-15-6-2-3-7-15)19-16-8-4-5-14(11-16)12-17/h4-5,8,11,13,15,18-19H,2-3,6-7,9-10,12,17H2,1H3. The maximum Gasteiger partial charge on any atom is 0.0345 e. The molecule has 1 aromatic carbocycles. The molecule has 1 atom stereocenters. The second-order valence-electron chi connectivity index (χ2n) is 5.67. The summed E-state index contributed by atoms with van der Waals surface area (Å²) in [7, 11) is 0. The van der Waals surface area contributed by atoms with E-state index in [1.165, 1.54) is 36.9 Å². The molecule has 1 aromatic rings. The van der Waals surface area contributed by atoms with E-state index in [2.05, 4.69) is 41.8 Å². The van der Waals surface area contributed by atoms with Gasteiger partial charge in [-0.2, -0.15) is 0 Å². The van der Waals surface area contributed by atoms with Gasteiger partial charge in [0.15, 0.2) is 0 Å². The fraction of sp³-hybridized carbons (Fsp3) is 0.625. The second-order valence-corrected chi connectivity index (χ2v) is 5.67. The number of nitrogens with two attached hydrogens (primary N) is 1. The third-order valence-electron chi connectivity index (χ3n) is 3.94. The van der Waals surface area contributed by atoms with Gasteiger partial charge in [0.25, 0.3) is 0 Å². The molecule has 0 aliphatic heterocycles. The Labute approximate surface area is 117 Å². The number of benzene rings is 1. The van der Waals surface area contributed by atoms with Crippen molar-refractivity contribution in [2.45, 2.75) is 57.7 Å². The van der Waals surface area contributed by atoms with E-state index in [1.807, 2.05) is 0 Å². The molecule has 0 amide bonds. The first kappa shape index (κ1) is 14.4. The summed E-state index contributed by atoms with van der Waals surface area (Å²) in [6.45, 7) is 3.95. The summed E-state index contributed by atoms with van der Waals surface area (Å²) >= 11 is 0. The second kappa shape index (κ2) is 7.51. The molecule has 0 heterocycles. The van der Waals surface area contributed by atoms with E-state index in [4.69, 9.17) is 5.73 Å². The van der Waals surface area contributed by atoms with Crippen molar-refractivity contribution in [3.8, 4) is 0 Å². The summed E-state index contributed by atoms with van der Waals surface area (Å²) < 4.78 is 0. The first-order valence-electron chi connectivity index (χ1n) is 7.57. The van der Waals surface area contributed by atoms with Crippen molar-refractivity contribution in [1.82, 2.24) is 5.32 Å². The quantitative estimate of drug-likeness (QED) is 0.707. The summed E-state index contributed by atoms with van der Waals surface area (Å²) in [5.74, 6) is 0. The van der Waals surface area contributed by atoms with Gasteiger partial charge in [0, 0.05) is 24.3 Å². The molecule has 1 fully saturated rings. The van der Waals surface area contributed by atoms with Crippen molar-refractivity contribution in [2.24, 2.45) is 5.73 Å². The summed E-state index contributed by atoms with van der Waals surface area (Å²) in [6.07, 6.45) is 6.68. The first-order chi connectivity index (χ1) is 9.28.